The van der Waals surface area contributed by atoms with Gasteiger partial charge in [-0.2, -0.15) is 4.31 Å². The summed E-state index contributed by atoms with van der Waals surface area (Å²) in [6, 6.07) is 11.3. The van der Waals surface area contributed by atoms with Crippen molar-refractivity contribution in [3.63, 3.8) is 0 Å². The fourth-order valence-electron chi connectivity index (χ4n) is 3.30. The number of aryl methyl sites for hydroxylation is 1. The topological polar surface area (TPSA) is 72.4 Å². The predicted molar refractivity (Wildman–Crippen MR) is 106 cm³/mol. The van der Waals surface area contributed by atoms with Crippen molar-refractivity contribution in [3.8, 4) is 17.1 Å². The van der Waals surface area contributed by atoms with E-state index >= 15 is 0 Å². The van der Waals surface area contributed by atoms with Gasteiger partial charge in [0.15, 0.2) is 5.82 Å². The molecule has 29 heavy (non-hydrogen) atoms. The minimum Gasteiger partial charge on any atom is -0.497 e. The molecule has 3 aromatic rings. The number of fused-ring (bicyclic) bond motifs is 1. The van der Waals surface area contributed by atoms with Gasteiger partial charge in [-0.15, -0.1) is 0 Å². The molecular weight excluding hydrogens is 393 g/mol. The van der Waals surface area contributed by atoms with Crippen LogP contribution in [-0.4, -0.2) is 36.3 Å². The lowest BCUT2D eigenvalue weighted by atomic mass is 10.1. The smallest absolute Gasteiger partial charge is 0.243 e. The summed E-state index contributed by atoms with van der Waals surface area (Å²) >= 11 is 0. The molecule has 150 valence electrons. The molecule has 0 amide bonds. The third-order valence-electron chi connectivity index (χ3n) is 5.01. The van der Waals surface area contributed by atoms with Crippen LogP contribution < -0.4 is 4.74 Å². The minimum absolute atomic E-state index is 0.0932. The van der Waals surface area contributed by atoms with E-state index in [9.17, 15) is 12.8 Å². The van der Waals surface area contributed by atoms with Gasteiger partial charge in [-0.25, -0.2) is 22.8 Å². The average Bonchev–Trinajstić information content (AvgIpc) is 2.75. The zero-order chi connectivity index (χ0) is 20.6. The number of halogens is 1. The maximum atomic E-state index is 13.5. The van der Waals surface area contributed by atoms with E-state index in [-0.39, 0.29) is 11.4 Å². The monoisotopic (exact) mass is 413 g/mol. The van der Waals surface area contributed by atoms with Gasteiger partial charge in [0.05, 0.1) is 17.7 Å². The number of hydrogen-bond acceptors (Lipinski definition) is 5. The van der Waals surface area contributed by atoms with Crippen LogP contribution in [0.25, 0.3) is 11.4 Å². The Labute approximate surface area is 169 Å². The summed E-state index contributed by atoms with van der Waals surface area (Å²) in [5.41, 5.74) is 2.78. The van der Waals surface area contributed by atoms with E-state index < -0.39 is 15.8 Å². The number of benzene rings is 2. The summed E-state index contributed by atoms with van der Waals surface area (Å²) < 4.78 is 46.0. The number of hydrogen-bond donors (Lipinski definition) is 0. The molecule has 0 bridgehead atoms. The lowest BCUT2D eigenvalue weighted by molar-refractivity contribution is 0.387. The number of sulfonamides is 1. The van der Waals surface area contributed by atoms with E-state index in [1.807, 2.05) is 24.3 Å². The van der Waals surface area contributed by atoms with Gasteiger partial charge in [-0.3, -0.25) is 0 Å². The Bertz CT molecular complexity index is 1160. The molecule has 0 saturated carbocycles. The molecule has 0 aliphatic carbocycles. The number of methoxy groups -OCH3 is 1. The van der Waals surface area contributed by atoms with E-state index in [1.54, 1.807) is 20.2 Å². The summed E-state index contributed by atoms with van der Waals surface area (Å²) in [6.45, 7) is 2.05. The van der Waals surface area contributed by atoms with Crippen molar-refractivity contribution in [1.82, 2.24) is 14.3 Å². The first kappa shape index (κ1) is 19.5. The summed E-state index contributed by atoms with van der Waals surface area (Å²) in [5, 5.41) is 0. The second-order valence-corrected chi connectivity index (χ2v) is 8.83. The first-order valence-corrected chi connectivity index (χ1v) is 10.6. The molecule has 0 atom stereocenters. The van der Waals surface area contributed by atoms with Crippen molar-refractivity contribution in [2.75, 3.05) is 13.7 Å². The van der Waals surface area contributed by atoms with Gasteiger partial charge in [0, 0.05) is 36.8 Å². The van der Waals surface area contributed by atoms with Crippen molar-refractivity contribution >= 4 is 10.0 Å². The fourth-order valence-corrected chi connectivity index (χ4v) is 4.81. The average molecular weight is 413 g/mol. The van der Waals surface area contributed by atoms with Crippen LogP contribution in [0.3, 0.4) is 0 Å². The summed E-state index contributed by atoms with van der Waals surface area (Å²) in [4.78, 5) is 9.13. The standard InChI is InChI=1S/C21H20FN3O3S/c1-14-11-18(7-8-19(14)22)29(26,27)25-10-9-20-16(13-25)12-23-21(24-20)15-3-5-17(28-2)6-4-15/h3-8,11-12H,9-10,13H2,1-2H3. The molecule has 0 fully saturated rings. The second kappa shape index (κ2) is 7.53. The molecule has 1 aromatic heterocycles. The van der Waals surface area contributed by atoms with Crippen molar-refractivity contribution in [2.45, 2.75) is 24.8 Å². The summed E-state index contributed by atoms with van der Waals surface area (Å²) in [7, 11) is -2.11. The van der Waals surface area contributed by atoms with E-state index in [0.29, 0.717) is 24.4 Å². The molecule has 1 aliphatic heterocycles. The van der Waals surface area contributed by atoms with Crippen molar-refractivity contribution < 1.29 is 17.5 Å². The van der Waals surface area contributed by atoms with Crippen LogP contribution in [0, 0.1) is 12.7 Å². The molecule has 0 radical (unpaired) electrons. The highest BCUT2D eigenvalue weighted by atomic mass is 32.2. The van der Waals surface area contributed by atoms with Crippen LogP contribution in [0.15, 0.2) is 53.6 Å². The highest BCUT2D eigenvalue weighted by Crippen LogP contribution is 2.27. The van der Waals surface area contributed by atoms with Gasteiger partial charge in [0.2, 0.25) is 10.0 Å². The maximum absolute atomic E-state index is 13.5. The highest BCUT2D eigenvalue weighted by Gasteiger charge is 2.29. The molecular formula is C21H20FN3O3S. The fraction of sp³-hybridized carbons (Fsp3) is 0.238. The first-order valence-electron chi connectivity index (χ1n) is 9.14. The van der Waals surface area contributed by atoms with Crippen LogP contribution in [0.4, 0.5) is 4.39 Å². The molecule has 0 unspecified atom stereocenters. The summed E-state index contributed by atoms with van der Waals surface area (Å²) in [5.74, 6) is 0.924. The minimum atomic E-state index is -3.72. The number of ether oxygens (including phenoxy) is 1. The first-order chi connectivity index (χ1) is 13.9. The van der Waals surface area contributed by atoms with Gasteiger partial charge in [-0.05, 0) is 55.0 Å². The zero-order valence-corrected chi connectivity index (χ0v) is 16.9. The molecule has 4 rings (SSSR count). The molecule has 0 spiro atoms. The molecule has 6 nitrogen and oxygen atoms in total. The molecule has 2 heterocycles. The SMILES string of the molecule is COc1ccc(-c2ncc3c(n2)CCN(S(=O)(=O)c2ccc(F)c(C)c2)C3)cc1. The summed E-state index contributed by atoms with van der Waals surface area (Å²) in [6.07, 6.45) is 2.17. The number of aromatic nitrogens is 2. The van der Waals surface area contributed by atoms with E-state index in [1.165, 1.54) is 22.5 Å². The molecule has 2 aromatic carbocycles. The Morgan fingerprint density at radius 1 is 1.14 bits per heavy atom. The third-order valence-corrected chi connectivity index (χ3v) is 6.86. The Kier molecular flexibility index (Phi) is 5.06. The van der Waals surface area contributed by atoms with Crippen LogP contribution in [0.5, 0.6) is 5.75 Å². The Morgan fingerprint density at radius 3 is 2.59 bits per heavy atom. The van der Waals surface area contributed by atoms with E-state index in [4.69, 9.17) is 4.74 Å². The molecule has 0 N–H and O–H groups in total. The van der Waals surface area contributed by atoms with Crippen molar-refractivity contribution in [1.29, 1.82) is 0 Å². The lowest BCUT2D eigenvalue weighted by Crippen LogP contribution is -2.36. The van der Waals surface area contributed by atoms with Crippen molar-refractivity contribution in [2.24, 2.45) is 0 Å². The van der Waals surface area contributed by atoms with Crippen molar-refractivity contribution in [3.05, 3.63) is 71.3 Å². The Hall–Kier alpha value is -2.84. The normalized spacial score (nSPS) is 14.4. The maximum Gasteiger partial charge on any atom is 0.243 e. The van der Waals surface area contributed by atoms with Gasteiger partial charge < -0.3 is 4.74 Å². The van der Waals surface area contributed by atoms with Gasteiger partial charge in [0.1, 0.15) is 11.6 Å². The number of rotatable bonds is 4. The van der Waals surface area contributed by atoms with Crippen LogP contribution in [-0.2, 0) is 23.0 Å². The van der Waals surface area contributed by atoms with Crippen LogP contribution in [0.2, 0.25) is 0 Å². The second-order valence-electron chi connectivity index (χ2n) is 6.89. The Morgan fingerprint density at radius 2 is 1.90 bits per heavy atom. The molecule has 1 aliphatic rings. The number of nitrogens with zero attached hydrogens (tertiary/aromatic N) is 3. The van der Waals surface area contributed by atoms with Crippen LogP contribution >= 0.6 is 0 Å². The quantitative estimate of drug-likeness (QED) is 0.656. The lowest BCUT2D eigenvalue weighted by Gasteiger charge is -2.27. The molecule has 0 saturated heterocycles. The molecule has 8 heteroatoms. The largest absolute Gasteiger partial charge is 0.497 e. The van der Waals surface area contributed by atoms with Gasteiger partial charge in [0.25, 0.3) is 0 Å². The zero-order valence-electron chi connectivity index (χ0n) is 16.1. The predicted octanol–water partition coefficient (Wildman–Crippen LogP) is 3.35. The van der Waals surface area contributed by atoms with Gasteiger partial charge in [-0.1, -0.05) is 0 Å². The van der Waals surface area contributed by atoms with E-state index in [2.05, 4.69) is 9.97 Å². The highest BCUT2D eigenvalue weighted by molar-refractivity contribution is 7.89. The van der Waals surface area contributed by atoms with Crippen LogP contribution in [0.1, 0.15) is 16.8 Å². The Balaban J connectivity index is 1.59. The van der Waals surface area contributed by atoms with E-state index in [0.717, 1.165) is 22.6 Å². The van der Waals surface area contributed by atoms with Gasteiger partial charge >= 0.3 is 0 Å². The third kappa shape index (κ3) is 3.73.